The molecule has 1 aliphatic carbocycles. The quantitative estimate of drug-likeness (QED) is 0.750. The SMILES string of the molecule is O=C(Nc1c2c(nn1-c1ccc(F)cc1)CS(=O)(=O)C2)C(=O)NC1CCCC1. The van der Waals surface area contributed by atoms with E-state index in [0.29, 0.717) is 16.9 Å². The molecule has 0 spiro atoms. The van der Waals surface area contributed by atoms with E-state index in [2.05, 4.69) is 15.7 Å². The fourth-order valence-corrected chi connectivity index (χ4v) is 5.12. The molecule has 1 aromatic heterocycles. The summed E-state index contributed by atoms with van der Waals surface area (Å²) in [5.74, 6) is -2.49. The lowest BCUT2D eigenvalue weighted by molar-refractivity contribution is -0.136. The number of nitrogens with zero attached hydrogens (tertiary/aromatic N) is 2. The molecule has 28 heavy (non-hydrogen) atoms. The Bertz CT molecular complexity index is 1040. The Labute approximate surface area is 161 Å². The summed E-state index contributed by atoms with van der Waals surface area (Å²) >= 11 is 0. The summed E-state index contributed by atoms with van der Waals surface area (Å²) in [6, 6.07) is 5.36. The Hall–Kier alpha value is -2.75. The fourth-order valence-electron chi connectivity index (χ4n) is 3.63. The largest absolute Gasteiger partial charge is 0.345 e. The summed E-state index contributed by atoms with van der Waals surface area (Å²) in [6.45, 7) is 0. The van der Waals surface area contributed by atoms with Crippen molar-refractivity contribution in [2.24, 2.45) is 0 Å². The molecular formula is C18H19FN4O4S. The van der Waals surface area contributed by atoms with Gasteiger partial charge in [0, 0.05) is 11.6 Å². The molecule has 1 fully saturated rings. The summed E-state index contributed by atoms with van der Waals surface area (Å²) < 4.78 is 38.5. The van der Waals surface area contributed by atoms with E-state index in [-0.39, 0.29) is 23.4 Å². The number of anilines is 1. The minimum atomic E-state index is -3.35. The van der Waals surface area contributed by atoms with Crippen molar-refractivity contribution in [2.45, 2.75) is 43.2 Å². The number of aromatic nitrogens is 2. The van der Waals surface area contributed by atoms with Gasteiger partial charge in [-0.05, 0) is 37.1 Å². The summed E-state index contributed by atoms with van der Waals surface area (Å²) in [5.41, 5.74) is 1.11. The van der Waals surface area contributed by atoms with Gasteiger partial charge in [0.2, 0.25) is 0 Å². The van der Waals surface area contributed by atoms with Gasteiger partial charge in [0.25, 0.3) is 0 Å². The molecule has 0 atom stereocenters. The zero-order chi connectivity index (χ0) is 19.9. The van der Waals surface area contributed by atoms with Crippen LogP contribution < -0.4 is 10.6 Å². The molecule has 4 rings (SSSR count). The Morgan fingerprint density at radius 1 is 1.07 bits per heavy atom. The van der Waals surface area contributed by atoms with Gasteiger partial charge in [-0.1, -0.05) is 12.8 Å². The first kappa shape index (κ1) is 18.6. The summed E-state index contributed by atoms with van der Waals surface area (Å²) in [4.78, 5) is 24.6. The predicted octanol–water partition coefficient (Wildman–Crippen LogP) is 1.44. The van der Waals surface area contributed by atoms with Crippen LogP contribution in [0.5, 0.6) is 0 Å². The number of hydrogen-bond acceptors (Lipinski definition) is 5. The lowest BCUT2D eigenvalue weighted by Gasteiger charge is -2.13. The van der Waals surface area contributed by atoms with E-state index in [1.807, 2.05) is 0 Å². The maximum atomic E-state index is 13.2. The first-order valence-corrected chi connectivity index (χ1v) is 10.8. The van der Waals surface area contributed by atoms with Crippen LogP contribution >= 0.6 is 0 Å². The van der Waals surface area contributed by atoms with E-state index in [4.69, 9.17) is 0 Å². The molecule has 2 aromatic rings. The maximum Gasteiger partial charge on any atom is 0.314 e. The summed E-state index contributed by atoms with van der Waals surface area (Å²) in [6.07, 6.45) is 3.69. The number of amides is 2. The molecule has 0 saturated heterocycles. The molecule has 0 bridgehead atoms. The Morgan fingerprint density at radius 2 is 1.75 bits per heavy atom. The van der Waals surface area contributed by atoms with E-state index >= 15 is 0 Å². The highest BCUT2D eigenvalue weighted by molar-refractivity contribution is 7.90. The molecular weight excluding hydrogens is 387 g/mol. The number of carbonyl (C=O) groups excluding carboxylic acids is 2. The van der Waals surface area contributed by atoms with Crippen LogP contribution in [0.15, 0.2) is 24.3 Å². The van der Waals surface area contributed by atoms with E-state index in [1.165, 1.54) is 28.9 Å². The minimum absolute atomic E-state index is 0.0219. The van der Waals surface area contributed by atoms with Gasteiger partial charge in [-0.15, -0.1) is 0 Å². The van der Waals surface area contributed by atoms with E-state index in [9.17, 15) is 22.4 Å². The van der Waals surface area contributed by atoms with Gasteiger partial charge in [0.05, 0.1) is 22.9 Å². The molecule has 2 aliphatic rings. The Balaban J connectivity index is 1.63. The minimum Gasteiger partial charge on any atom is -0.345 e. The van der Waals surface area contributed by atoms with Crippen LogP contribution in [0, 0.1) is 5.82 Å². The number of nitrogens with one attached hydrogen (secondary N) is 2. The van der Waals surface area contributed by atoms with Crippen molar-refractivity contribution >= 4 is 27.5 Å². The number of carbonyl (C=O) groups is 2. The number of rotatable bonds is 3. The van der Waals surface area contributed by atoms with Crippen molar-refractivity contribution in [3.63, 3.8) is 0 Å². The second-order valence-corrected chi connectivity index (χ2v) is 9.17. The first-order chi connectivity index (χ1) is 13.3. The zero-order valence-electron chi connectivity index (χ0n) is 14.9. The number of benzene rings is 1. The van der Waals surface area contributed by atoms with E-state index in [1.54, 1.807) is 0 Å². The highest BCUT2D eigenvalue weighted by Gasteiger charge is 2.34. The van der Waals surface area contributed by atoms with Crippen molar-refractivity contribution < 1.29 is 22.4 Å². The van der Waals surface area contributed by atoms with Crippen molar-refractivity contribution in [1.82, 2.24) is 15.1 Å². The highest BCUT2D eigenvalue weighted by atomic mass is 32.2. The first-order valence-electron chi connectivity index (χ1n) is 9.01. The van der Waals surface area contributed by atoms with Gasteiger partial charge in [-0.3, -0.25) is 9.59 Å². The third-order valence-electron chi connectivity index (χ3n) is 4.99. The van der Waals surface area contributed by atoms with Crippen molar-refractivity contribution in [2.75, 3.05) is 5.32 Å². The van der Waals surface area contributed by atoms with Gasteiger partial charge in [0.1, 0.15) is 11.6 Å². The third kappa shape index (κ3) is 3.64. The van der Waals surface area contributed by atoms with Crippen molar-refractivity contribution in [1.29, 1.82) is 0 Å². The monoisotopic (exact) mass is 406 g/mol. The van der Waals surface area contributed by atoms with Gasteiger partial charge < -0.3 is 10.6 Å². The predicted molar refractivity (Wildman–Crippen MR) is 98.9 cm³/mol. The number of hydrogen-bond donors (Lipinski definition) is 2. The number of fused-ring (bicyclic) bond motifs is 1. The molecule has 148 valence electrons. The molecule has 1 aromatic carbocycles. The molecule has 1 aliphatic heterocycles. The highest BCUT2D eigenvalue weighted by Crippen LogP contribution is 2.33. The summed E-state index contributed by atoms with van der Waals surface area (Å²) in [7, 11) is -3.35. The molecule has 8 nitrogen and oxygen atoms in total. The van der Waals surface area contributed by atoms with Crippen LogP contribution in [-0.2, 0) is 30.9 Å². The number of sulfone groups is 1. The average Bonchev–Trinajstić information content (AvgIpc) is 3.32. The third-order valence-corrected chi connectivity index (χ3v) is 6.43. The van der Waals surface area contributed by atoms with Crippen LogP contribution in [0.1, 0.15) is 36.9 Å². The Kier molecular flexibility index (Phi) is 4.66. The maximum absolute atomic E-state index is 13.2. The molecule has 10 heteroatoms. The van der Waals surface area contributed by atoms with Crippen LogP contribution in [-0.4, -0.2) is 36.1 Å². The molecule has 2 N–H and O–H groups in total. The average molecular weight is 406 g/mol. The van der Waals surface area contributed by atoms with E-state index < -0.39 is 27.5 Å². The fraction of sp³-hybridized carbons (Fsp3) is 0.389. The van der Waals surface area contributed by atoms with Gasteiger partial charge in [-0.25, -0.2) is 17.5 Å². The van der Waals surface area contributed by atoms with Gasteiger partial charge >= 0.3 is 11.8 Å². The molecule has 1 saturated carbocycles. The topological polar surface area (TPSA) is 110 Å². The zero-order valence-corrected chi connectivity index (χ0v) is 15.8. The number of halogens is 1. The molecule has 2 heterocycles. The smallest absolute Gasteiger partial charge is 0.314 e. The Morgan fingerprint density at radius 3 is 2.43 bits per heavy atom. The second kappa shape index (κ2) is 7.01. The van der Waals surface area contributed by atoms with Crippen LogP contribution in [0.2, 0.25) is 0 Å². The lowest BCUT2D eigenvalue weighted by atomic mass is 10.2. The lowest BCUT2D eigenvalue weighted by Crippen LogP contribution is -2.41. The van der Waals surface area contributed by atoms with Crippen LogP contribution in [0.4, 0.5) is 10.2 Å². The second-order valence-electron chi connectivity index (χ2n) is 7.10. The van der Waals surface area contributed by atoms with E-state index in [0.717, 1.165) is 25.7 Å². The molecule has 0 unspecified atom stereocenters. The van der Waals surface area contributed by atoms with Gasteiger partial charge in [-0.2, -0.15) is 5.10 Å². The van der Waals surface area contributed by atoms with Crippen molar-refractivity contribution in [3.05, 3.63) is 41.3 Å². The van der Waals surface area contributed by atoms with Crippen LogP contribution in [0.25, 0.3) is 5.69 Å². The van der Waals surface area contributed by atoms with Crippen molar-refractivity contribution in [3.8, 4) is 5.69 Å². The van der Waals surface area contributed by atoms with Crippen LogP contribution in [0.3, 0.4) is 0 Å². The molecule has 0 radical (unpaired) electrons. The molecule has 2 amide bonds. The van der Waals surface area contributed by atoms with Gasteiger partial charge in [0.15, 0.2) is 9.84 Å². The summed E-state index contributed by atoms with van der Waals surface area (Å²) in [5, 5.41) is 9.47. The normalized spacial score (nSPS) is 18.0. The standard InChI is InChI=1S/C18H19FN4O4S/c19-11-5-7-13(8-6-11)23-16(14-9-28(26,27)10-15(14)22-23)21-18(25)17(24)20-12-3-1-2-4-12/h5-8,12H,1-4,9-10H2,(H,20,24)(H,21,25).